The van der Waals surface area contributed by atoms with Gasteiger partial charge in [0.25, 0.3) is 0 Å². The van der Waals surface area contributed by atoms with Crippen LogP contribution in [0.25, 0.3) is 0 Å². The second kappa shape index (κ2) is 35.1. The van der Waals surface area contributed by atoms with Gasteiger partial charge in [-0.05, 0) is 77.7 Å². The highest BCUT2D eigenvalue weighted by atomic mass is 16.4. The molecule has 0 unspecified atom stereocenters. The summed E-state index contributed by atoms with van der Waals surface area (Å²) < 4.78 is 0. The van der Waals surface area contributed by atoms with Gasteiger partial charge >= 0.3 is 5.97 Å². The molecule has 0 spiro atoms. The van der Waals surface area contributed by atoms with Crippen molar-refractivity contribution in [3.8, 4) is 0 Å². The lowest BCUT2D eigenvalue weighted by Gasteiger charge is -2.31. The predicted molar refractivity (Wildman–Crippen MR) is 294 cm³/mol. The molecule has 0 aliphatic carbocycles. The first-order valence-corrected chi connectivity index (χ1v) is 27.6. The Morgan fingerprint density at radius 3 is 1.42 bits per heavy atom. The van der Waals surface area contributed by atoms with E-state index in [0.29, 0.717) is 32.2 Å². The highest BCUT2D eigenvalue weighted by molar-refractivity contribution is 6.00. The van der Waals surface area contributed by atoms with Crippen molar-refractivity contribution in [3.63, 3.8) is 0 Å². The van der Waals surface area contributed by atoms with Gasteiger partial charge in [0.05, 0.1) is 45.2 Å². The molecule has 13 amide bonds. The molecule has 24 N–H and O–H groups in total. The summed E-state index contributed by atoms with van der Waals surface area (Å²) in [7, 11) is 0. The first-order chi connectivity index (χ1) is 40.2. The number of likely N-dealkylation sites (tertiary alicyclic amines) is 3. The van der Waals surface area contributed by atoms with Gasteiger partial charge in [0.1, 0.15) is 60.4 Å². The second-order valence-corrected chi connectivity index (χ2v) is 20.5. The number of carbonyl (C=O) groups excluding carboxylic acids is 13. The number of nitrogens with zero attached hydrogens (tertiary/aromatic N) is 4. The first-order valence-electron chi connectivity index (χ1n) is 27.6. The van der Waals surface area contributed by atoms with Gasteiger partial charge in [-0.1, -0.05) is 6.42 Å². The lowest BCUT2D eigenvalue weighted by atomic mass is 10.1. The Morgan fingerprint density at radius 2 is 0.953 bits per heavy atom. The third-order valence-electron chi connectivity index (χ3n) is 14.0. The molecule has 36 heteroatoms. The molecule has 0 aromatic carbocycles. The predicted octanol–water partition coefficient (Wildman–Crippen LogP) is -11.2. The Hall–Kier alpha value is -8.35. The van der Waals surface area contributed by atoms with E-state index in [1.165, 1.54) is 6.92 Å². The number of carboxylic acid groups (broad SMARTS) is 1. The molecule has 0 saturated carbocycles. The number of aliphatic carboxylic acids is 1. The molecule has 0 bridgehead atoms. The van der Waals surface area contributed by atoms with Crippen LogP contribution in [0, 0.1) is 0 Å². The number of nitrogens with one attached hydrogen (secondary N) is 8. The molecule has 3 aliphatic rings. The number of carboxylic acids is 1. The van der Waals surface area contributed by atoms with E-state index in [0.717, 1.165) is 14.7 Å². The summed E-state index contributed by atoms with van der Waals surface area (Å²) in [5, 5.41) is 58.7. The van der Waals surface area contributed by atoms with Crippen LogP contribution in [0.2, 0.25) is 0 Å². The van der Waals surface area contributed by atoms with Crippen molar-refractivity contribution in [1.82, 2.24) is 57.2 Å². The molecule has 85 heavy (non-hydrogen) atoms. The summed E-state index contributed by atoms with van der Waals surface area (Å²) in [6, 6.07) is -16.5. The summed E-state index contributed by atoms with van der Waals surface area (Å²) >= 11 is 0. The highest BCUT2D eigenvalue weighted by Crippen LogP contribution is 2.22. The number of hydrogen-bond acceptors (Lipinski definition) is 20. The Balaban J connectivity index is 1.71. The van der Waals surface area contributed by atoms with E-state index >= 15 is 0 Å². The number of primary amides is 2. The van der Waals surface area contributed by atoms with Gasteiger partial charge in [0.2, 0.25) is 76.8 Å². The summed E-state index contributed by atoms with van der Waals surface area (Å²) in [6.45, 7) is -2.25. The molecular weight excluding hydrogens is 1130 g/mol. The van der Waals surface area contributed by atoms with E-state index < -0.39 is 188 Å². The van der Waals surface area contributed by atoms with Gasteiger partial charge in [0.15, 0.2) is 5.96 Å². The van der Waals surface area contributed by atoms with Gasteiger partial charge in [-0.2, -0.15) is 0 Å². The number of aliphatic imine (C=N–C) groups is 1. The number of aliphatic hydroxyl groups is 3. The minimum atomic E-state index is -1.97. The highest BCUT2D eigenvalue weighted by Gasteiger charge is 2.43. The van der Waals surface area contributed by atoms with Crippen molar-refractivity contribution in [3.05, 3.63) is 0 Å². The average Bonchev–Trinajstić information content (AvgIpc) is 4.50. The maximum absolute atomic E-state index is 14.1. The molecule has 0 aromatic heterocycles. The number of rotatable bonds is 35. The Kier molecular flexibility index (Phi) is 29.3. The lowest BCUT2D eigenvalue weighted by molar-refractivity contribution is -0.149. The van der Waals surface area contributed by atoms with Crippen molar-refractivity contribution in [2.45, 2.75) is 157 Å². The number of guanidine groups is 1. The van der Waals surface area contributed by atoms with Crippen molar-refractivity contribution < 1.29 is 87.5 Å². The van der Waals surface area contributed by atoms with E-state index in [-0.39, 0.29) is 77.1 Å². The van der Waals surface area contributed by atoms with Crippen LogP contribution >= 0.6 is 0 Å². The normalized spacial score (nSPS) is 19.2. The molecule has 3 saturated heterocycles. The molecule has 3 aliphatic heterocycles. The van der Waals surface area contributed by atoms with Gasteiger partial charge < -0.3 is 112 Å². The van der Waals surface area contributed by atoms with Gasteiger partial charge in [-0.25, -0.2) is 4.79 Å². The van der Waals surface area contributed by atoms with E-state index in [9.17, 15) is 87.5 Å². The monoisotopic (exact) mass is 1210 g/mol. The maximum Gasteiger partial charge on any atom is 0.326 e. The molecule has 0 aromatic rings. The van der Waals surface area contributed by atoms with Gasteiger partial charge in [-0.15, -0.1) is 0 Å². The second-order valence-electron chi connectivity index (χ2n) is 20.5. The number of amides is 13. The zero-order valence-corrected chi connectivity index (χ0v) is 47.2. The molecular formula is C49H82N18O18. The summed E-state index contributed by atoms with van der Waals surface area (Å²) in [4.78, 5) is 191. The molecule has 0 radical (unpaired) electrons. The zero-order chi connectivity index (χ0) is 63.7. The largest absolute Gasteiger partial charge is 0.480 e. The lowest BCUT2D eigenvalue weighted by Crippen LogP contribution is -2.61. The van der Waals surface area contributed by atoms with Crippen molar-refractivity contribution in [2.24, 2.45) is 39.4 Å². The quantitative estimate of drug-likeness (QED) is 0.0159. The Morgan fingerprint density at radius 1 is 0.518 bits per heavy atom. The smallest absolute Gasteiger partial charge is 0.326 e. The van der Waals surface area contributed by atoms with Crippen molar-refractivity contribution in [2.75, 3.05) is 59.1 Å². The SMILES string of the molecule is C[C@H](NC(=O)[C@@H]1CCCN1C(=O)[C@H](CO)NC(=O)[C@H](CCCN=C(N)N)NC(=O)[C@@H]1CCCN1C(=O)[C@H](CO)NC(=O)[C@H](CO)NC(=O)[C@H](CC(N)=O)NC(=O)[C@H](CC(N)=O)NC(=O)CNC(=O)[C@@H](N)CCCCN)C(=O)N1CCC[C@H]1C(=O)O. The molecule has 36 nitrogen and oxygen atoms in total. The number of unbranched alkanes of at least 4 members (excludes halogenated alkanes) is 1. The molecule has 3 heterocycles. The van der Waals surface area contributed by atoms with Crippen LogP contribution in [-0.4, -0.2) is 249 Å². The standard InChI is InChI=1S/C49H82N18O18/c1-24(45(81)67-17-7-12-34(67)48(84)85)58-43(79)32-10-5-15-65(32)46(82)30(22-69)63-39(75)26(9-4-14-56-49(54)55)60-44(80)33-11-6-16-66(33)47(83)31(23-70)64-42(78)29(21-68)62-41(77)28(19-36(53)72)61-40(76)27(18-35(52)71)59-37(73)20-57-38(74)25(51)8-2-3-13-50/h24-34,68-70H,2-23,50-51H2,1H3,(H2,52,71)(H2,53,72)(H,57,74)(H,58,79)(H,59,73)(H,60,80)(H,61,76)(H,62,77)(H,63,75)(H,64,78)(H,84,85)(H4,54,55,56)/t24-,25-,26-,27-,28-,29-,30-,31-,32-,33-,34-/m0/s1. The molecule has 476 valence electrons. The third-order valence-corrected chi connectivity index (χ3v) is 14.0. The van der Waals surface area contributed by atoms with E-state index in [1.807, 2.05) is 0 Å². The maximum atomic E-state index is 14.1. The third kappa shape index (κ3) is 22.0. The number of aliphatic hydroxyl groups excluding tert-OH is 3. The van der Waals surface area contributed by atoms with E-state index in [2.05, 4.69) is 47.5 Å². The molecule has 11 atom stereocenters. The van der Waals surface area contributed by atoms with Crippen LogP contribution in [0.15, 0.2) is 4.99 Å². The minimum absolute atomic E-state index is 0.00883. The summed E-state index contributed by atoms with van der Waals surface area (Å²) in [5.41, 5.74) is 32.7. The van der Waals surface area contributed by atoms with Crippen LogP contribution in [0.5, 0.6) is 0 Å². The van der Waals surface area contributed by atoms with Crippen molar-refractivity contribution in [1.29, 1.82) is 0 Å². The minimum Gasteiger partial charge on any atom is -0.480 e. The van der Waals surface area contributed by atoms with Crippen LogP contribution < -0.4 is 76.9 Å². The number of carbonyl (C=O) groups is 14. The fourth-order valence-electron chi connectivity index (χ4n) is 9.61. The average molecular weight is 1210 g/mol. The number of hydrogen-bond donors (Lipinski definition) is 18. The fourth-order valence-corrected chi connectivity index (χ4v) is 9.61. The summed E-state index contributed by atoms with van der Waals surface area (Å²) in [6.07, 6.45) is 0.747. The van der Waals surface area contributed by atoms with Crippen LogP contribution in [0.3, 0.4) is 0 Å². The van der Waals surface area contributed by atoms with Crippen LogP contribution in [0.1, 0.15) is 90.4 Å². The fraction of sp³-hybridized carbons (Fsp3) is 0.694. The molecule has 3 rings (SSSR count). The summed E-state index contributed by atoms with van der Waals surface area (Å²) in [5.74, 6) is -14.6. The van der Waals surface area contributed by atoms with Crippen LogP contribution in [-0.2, 0) is 67.1 Å². The first kappa shape index (κ1) is 70.9. The van der Waals surface area contributed by atoms with E-state index in [1.54, 1.807) is 0 Å². The Bertz CT molecular complexity index is 2470. The number of nitrogens with two attached hydrogens (primary N) is 6. The Labute approximate surface area is 487 Å². The topological polar surface area (TPSA) is 594 Å². The van der Waals surface area contributed by atoms with Gasteiger partial charge in [0, 0.05) is 26.2 Å². The van der Waals surface area contributed by atoms with Crippen molar-refractivity contribution >= 4 is 88.7 Å². The van der Waals surface area contributed by atoms with Gasteiger partial charge in [-0.3, -0.25) is 67.3 Å². The van der Waals surface area contributed by atoms with Crippen LogP contribution in [0.4, 0.5) is 0 Å². The molecule has 3 fully saturated rings. The zero-order valence-electron chi connectivity index (χ0n) is 47.2. The van der Waals surface area contributed by atoms with E-state index in [4.69, 9.17) is 34.4 Å².